The first-order valence-corrected chi connectivity index (χ1v) is 10.1. The average molecular weight is 429 g/mol. The Morgan fingerprint density at radius 2 is 1.81 bits per heavy atom. The first-order chi connectivity index (χ1) is 15.5. The summed E-state index contributed by atoms with van der Waals surface area (Å²) in [5.41, 5.74) is 3.67. The predicted molar refractivity (Wildman–Crippen MR) is 123 cm³/mol. The lowest BCUT2D eigenvalue weighted by Crippen LogP contribution is -2.28. The van der Waals surface area contributed by atoms with Crippen LogP contribution in [0.3, 0.4) is 0 Å². The Hall–Kier alpha value is -4.26. The molecular weight excluding hydrogens is 406 g/mol. The molecule has 32 heavy (non-hydrogen) atoms. The lowest BCUT2D eigenvalue weighted by molar-refractivity contribution is 0.0696. The largest absolute Gasteiger partial charge is 0.496 e. The second kappa shape index (κ2) is 9.26. The maximum atomic E-state index is 12.3. The van der Waals surface area contributed by atoms with Gasteiger partial charge in [-0.15, -0.1) is 0 Å². The second-order valence-electron chi connectivity index (χ2n) is 7.34. The molecule has 0 spiro atoms. The van der Waals surface area contributed by atoms with Gasteiger partial charge in [0, 0.05) is 24.0 Å². The Morgan fingerprint density at radius 1 is 1.00 bits per heavy atom. The molecule has 4 aromatic rings. The molecule has 4 rings (SSSR count). The predicted octanol–water partition coefficient (Wildman–Crippen LogP) is 4.72. The van der Waals surface area contributed by atoms with Crippen LogP contribution >= 0.6 is 0 Å². The molecule has 0 fully saturated rings. The highest BCUT2D eigenvalue weighted by Crippen LogP contribution is 2.25. The number of nitrogens with one attached hydrogen (secondary N) is 2. The molecule has 3 aromatic carbocycles. The summed E-state index contributed by atoms with van der Waals surface area (Å²) in [6.07, 6.45) is 1.95. The van der Waals surface area contributed by atoms with Crippen LogP contribution in [-0.4, -0.2) is 28.8 Å². The topological polar surface area (TPSA) is 92.6 Å². The summed E-state index contributed by atoms with van der Waals surface area (Å²) >= 11 is 0. The van der Waals surface area contributed by atoms with Gasteiger partial charge in [0.25, 0.3) is 0 Å². The van der Waals surface area contributed by atoms with Crippen LogP contribution in [-0.2, 0) is 13.1 Å². The Kier molecular flexibility index (Phi) is 6.07. The van der Waals surface area contributed by atoms with E-state index in [0.29, 0.717) is 24.5 Å². The zero-order chi connectivity index (χ0) is 22.5. The Bertz CT molecular complexity index is 1260. The zero-order valence-electron chi connectivity index (χ0n) is 17.5. The molecule has 1 aromatic heterocycles. The number of methoxy groups -OCH3 is 1. The third-order valence-electron chi connectivity index (χ3n) is 5.20. The molecule has 0 radical (unpaired) electrons. The lowest BCUT2D eigenvalue weighted by Gasteiger charge is -2.12. The van der Waals surface area contributed by atoms with Crippen molar-refractivity contribution in [2.75, 3.05) is 12.4 Å². The third kappa shape index (κ3) is 4.73. The molecule has 7 nitrogen and oxygen atoms in total. The minimum atomic E-state index is -0.998. The van der Waals surface area contributed by atoms with Crippen molar-refractivity contribution in [3.8, 4) is 5.75 Å². The summed E-state index contributed by atoms with van der Waals surface area (Å²) in [6, 6.07) is 22.0. The molecule has 0 aliphatic rings. The summed E-state index contributed by atoms with van der Waals surface area (Å²) in [5.74, 6) is -0.483. The minimum Gasteiger partial charge on any atom is -0.496 e. The van der Waals surface area contributed by atoms with E-state index in [1.165, 1.54) is 13.2 Å². The van der Waals surface area contributed by atoms with E-state index in [-0.39, 0.29) is 11.6 Å². The van der Waals surface area contributed by atoms with E-state index in [0.717, 1.165) is 22.0 Å². The molecule has 0 saturated carbocycles. The Balaban J connectivity index is 1.50. The van der Waals surface area contributed by atoms with E-state index in [1.807, 2.05) is 65.4 Å². The molecular formula is C25H23N3O4. The first kappa shape index (κ1) is 21.0. The summed E-state index contributed by atoms with van der Waals surface area (Å²) < 4.78 is 7.42. The number of carbonyl (C=O) groups excluding carboxylic acids is 1. The van der Waals surface area contributed by atoms with Crippen LogP contribution in [0.5, 0.6) is 5.75 Å². The highest BCUT2D eigenvalue weighted by Gasteiger charge is 2.11. The molecule has 0 aliphatic heterocycles. The van der Waals surface area contributed by atoms with Gasteiger partial charge in [0.1, 0.15) is 5.75 Å². The number of hydrogen-bond donors (Lipinski definition) is 3. The Labute approximate surface area is 185 Å². The standard InChI is InChI=1S/C25H23N3O4/c1-32-23-13-19(24(29)30)7-8-20(23)16-28-12-11-18-9-10-21(14-22(18)28)27-25(31)26-15-17-5-3-2-4-6-17/h2-14H,15-16H2,1H3,(H,29,30)(H2,26,27,31). The van der Waals surface area contributed by atoms with Crippen LogP contribution in [0.1, 0.15) is 21.5 Å². The quantitative estimate of drug-likeness (QED) is 0.396. The van der Waals surface area contributed by atoms with Gasteiger partial charge in [0.05, 0.1) is 24.7 Å². The number of anilines is 1. The SMILES string of the molecule is COc1cc(C(=O)O)ccc1Cn1ccc2ccc(NC(=O)NCc3ccccc3)cc21. The van der Waals surface area contributed by atoms with Crippen LogP contribution in [0, 0.1) is 0 Å². The Morgan fingerprint density at radius 3 is 2.56 bits per heavy atom. The van der Waals surface area contributed by atoms with Gasteiger partial charge in [-0.2, -0.15) is 0 Å². The fourth-order valence-corrected chi connectivity index (χ4v) is 3.54. The first-order valence-electron chi connectivity index (χ1n) is 10.1. The fraction of sp³-hybridized carbons (Fsp3) is 0.120. The van der Waals surface area contributed by atoms with Crippen molar-refractivity contribution >= 4 is 28.6 Å². The van der Waals surface area contributed by atoms with E-state index in [4.69, 9.17) is 4.74 Å². The number of nitrogens with zero attached hydrogens (tertiary/aromatic N) is 1. The van der Waals surface area contributed by atoms with Gasteiger partial charge in [-0.1, -0.05) is 42.5 Å². The number of fused-ring (bicyclic) bond motifs is 1. The normalized spacial score (nSPS) is 10.7. The number of carboxylic acids is 1. The van der Waals surface area contributed by atoms with Gasteiger partial charge in [-0.3, -0.25) is 0 Å². The molecule has 0 atom stereocenters. The van der Waals surface area contributed by atoms with E-state index in [1.54, 1.807) is 12.1 Å². The van der Waals surface area contributed by atoms with Gasteiger partial charge >= 0.3 is 12.0 Å². The second-order valence-corrected chi connectivity index (χ2v) is 7.34. The molecule has 0 aliphatic carbocycles. The highest BCUT2D eigenvalue weighted by molar-refractivity contribution is 5.93. The lowest BCUT2D eigenvalue weighted by atomic mass is 10.1. The molecule has 162 valence electrons. The van der Waals surface area contributed by atoms with Crippen molar-refractivity contribution in [3.05, 3.63) is 95.7 Å². The monoisotopic (exact) mass is 429 g/mol. The van der Waals surface area contributed by atoms with Crippen molar-refractivity contribution in [2.24, 2.45) is 0 Å². The number of amides is 2. The number of rotatable bonds is 7. The maximum absolute atomic E-state index is 12.3. The van der Waals surface area contributed by atoms with Gasteiger partial charge < -0.3 is 25.0 Å². The minimum absolute atomic E-state index is 0.177. The molecule has 2 amide bonds. The van der Waals surface area contributed by atoms with E-state index >= 15 is 0 Å². The van der Waals surface area contributed by atoms with Crippen LogP contribution in [0.25, 0.3) is 10.9 Å². The number of urea groups is 1. The number of carboxylic acid groups (broad SMARTS) is 1. The van der Waals surface area contributed by atoms with Crippen molar-refractivity contribution < 1.29 is 19.4 Å². The summed E-state index contributed by atoms with van der Waals surface area (Å²) in [7, 11) is 1.52. The van der Waals surface area contributed by atoms with Crippen molar-refractivity contribution in [1.82, 2.24) is 9.88 Å². The summed E-state index contributed by atoms with van der Waals surface area (Å²) in [6.45, 7) is 0.938. The van der Waals surface area contributed by atoms with Crippen LogP contribution in [0.15, 0.2) is 79.0 Å². The molecule has 1 heterocycles. The molecule has 0 saturated heterocycles. The smallest absolute Gasteiger partial charge is 0.335 e. The third-order valence-corrected chi connectivity index (χ3v) is 5.20. The van der Waals surface area contributed by atoms with Crippen molar-refractivity contribution in [3.63, 3.8) is 0 Å². The van der Waals surface area contributed by atoms with Crippen LogP contribution in [0.4, 0.5) is 10.5 Å². The fourth-order valence-electron chi connectivity index (χ4n) is 3.54. The summed E-state index contributed by atoms with van der Waals surface area (Å²) in [5, 5.41) is 16.0. The van der Waals surface area contributed by atoms with E-state index in [2.05, 4.69) is 10.6 Å². The van der Waals surface area contributed by atoms with E-state index in [9.17, 15) is 14.7 Å². The number of carbonyl (C=O) groups is 2. The maximum Gasteiger partial charge on any atom is 0.335 e. The van der Waals surface area contributed by atoms with Gasteiger partial charge in [0.2, 0.25) is 0 Å². The molecule has 3 N–H and O–H groups in total. The van der Waals surface area contributed by atoms with Crippen molar-refractivity contribution in [1.29, 1.82) is 0 Å². The number of aromatic nitrogens is 1. The summed E-state index contributed by atoms with van der Waals surface area (Å²) in [4.78, 5) is 23.5. The number of hydrogen-bond acceptors (Lipinski definition) is 3. The number of aromatic carboxylic acids is 1. The van der Waals surface area contributed by atoms with Crippen molar-refractivity contribution in [2.45, 2.75) is 13.1 Å². The van der Waals surface area contributed by atoms with Crippen LogP contribution in [0.2, 0.25) is 0 Å². The molecule has 7 heteroatoms. The molecule has 0 bridgehead atoms. The van der Waals surface area contributed by atoms with Crippen LogP contribution < -0.4 is 15.4 Å². The van der Waals surface area contributed by atoms with Gasteiger partial charge in [-0.25, -0.2) is 9.59 Å². The number of benzene rings is 3. The molecule has 0 unspecified atom stereocenters. The number of ether oxygens (including phenoxy) is 1. The zero-order valence-corrected chi connectivity index (χ0v) is 17.5. The average Bonchev–Trinajstić information content (AvgIpc) is 3.20. The van der Waals surface area contributed by atoms with E-state index < -0.39 is 5.97 Å². The van der Waals surface area contributed by atoms with Gasteiger partial charge in [-0.05, 0) is 41.3 Å². The highest BCUT2D eigenvalue weighted by atomic mass is 16.5. The van der Waals surface area contributed by atoms with Gasteiger partial charge in [0.15, 0.2) is 0 Å².